The van der Waals surface area contributed by atoms with Gasteiger partial charge in [-0.05, 0) is 52.2 Å². The summed E-state index contributed by atoms with van der Waals surface area (Å²) in [6.07, 6.45) is 1.75. The van der Waals surface area contributed by atoms with Gasteiger partial charge in [-0.2, -0.15) is 5.10 Å². The molecule has 0 aliphatic carbocycles. The van der Waals surface area contributed by atoms with Crippen LogP contribution >= 0.6 is 15.9 Å². The molecule has 0 saturated heterocycles. The molecule has 1 amide bonds. The fourth-order valence-corrected chi connectivity index (χ4v) is 2.78. The number of para-hydroxylation sites is 1. The molecule has 1 N–H and O–H groups in total. The van der Waals surface area contributed by atoms with Gasteiger partial charge < -0.3 is 10.1 Å². The van der Waals surface area contributed by atoms with Gasteiger partial charge in [0.25, 0.3) is 5.91 Å². The molecular weight excluding hydrogens is 401 g/mol. The van der Waals surface area contributed by atoms with Gasteiger partial charge in [-0.1, -0.05) is 30.3 Å². The van der Waals surface area contributed by atoms with Crippen LogP contribution in [0.5, 0.6) is 5.75 Å². The van der Waals surface area contributed by atoms with Crippen molar-refractivity contribution >= 4 is 27.7 Å². The minimum Gasteiger partial charge on any atom is -0.483 e. The van der Waals surface area contributed by atoms with E-state index < -0.39 is 0 Å². The number of aryl methyl sites for hydroxylation is 1. The molecule has 3 rings (SSSR count). The third-order valence-electron chi connectivity index (χ3n) is 3.69. The second-order valence-electron chi connectivity index (χ2n) is 5.75. The highest BCUT2D eigenvalue weighted by molar-refractivity contribution is 9.10. The quantitative estimate of drug-likeness (QED) is 0.654. The average Bonchev–Trinajstić information content (AvgIpc) is 2.95. The number of ether oxygens (including phenoxy) is 1. The number of amides is 1. The van der Waals surface area contributed by atoms with E-state index in [0.29, 0.717) is 22.6 Å². The van der Waals surface area contributed by atoms with E-state index in [-0.39, 0.29) is 18.3 Å². The molecule has 134 valence electrons. The summed E-state index contributed by atoms with van der Waals surface area (Å²) in [4.78, 5) is 12.1. The van der Waals surface area contributed by atoms with Gasteiger partial charge in [0, 0.05) is 6.20 Å². The predicted octanol–water partition coefficient (Wildman–Crippen LogP) is 4.16. The van der Waals surface area contributed by atoms with Crippen LogP contribution in [-0.4, -0.2) is 22.3 Å². The first-order valence-corrected chi connectivity index (χ1v) is 8.76. The van der Waals surface area contributed by atoms with E-state index in [1.807, 2.05) is 31.2 Å². The van der Waals surface area contributed by atoms with E-state index in [9.17, 15) is 9.18 Å². The monoisotopic (exact) mass is 417 g/mol. The normalized spacial score (nSPS) is 10.6. The lowest BCUT2D eigenvalue weighted by molar-refractivity contribution is -0.118. The zero-order chi connectivity index (χ0) is 18.5. The van der Waals surface area contributed by atoms with E-state index >= 15 is 0 Å². The number of nitrogens with one attached hydrogen (secondary N) is 1. The second kappa shape index (κ2) is 8.14. The molecule has 0 fully saturated rings. The maximum absolute atomic E-state index is 13.0. The number of hydrogen-bond acceptors (Lipinski definition) is 3. The van der Waals surface area contributed by atoms with Crippen LogP contribution < -0.4 is 10.1 Å². The largest absolute Gasteiger partial charge is 0.483 e. The van der Waals surface area contributed by atoms with Gasteiger partial charge in [0.15, 0.2) is 12.4 Å². The van der Waals surface area contributed by atoms with Crippen LogP contribution in [0.25, 0.3) is 0 Å². The Bertz CT molecular complexity index is 909. The van der Waals surface area contributed by atoms with Crippen molar-refractivity contribution in [2.75, 3.05) is 11.9 Å². The summed E-state index contributed by atoms with van der Waals surface area (Å²) in [6.45, 7) is 2.28. The molecule has 2 aromatic carbocycles. The Hall–Kier alpha value is -2.67. The first kappa shape index (κ1) is 18.1. The maximum atomic E-state index is 13.0. The zero-order valence-corrected chi connectivity index (χ0v) is 15.7. The van der Waals surface area contributed by atoms with Crippen molar-refractivity contribution in [1.82, 2.24) is 9.78 Å². The molecule has 0 atom stereocenters. The van der Waals surface area contributed by atoms with Gasteiger partial charge in [0.1, 0.15) is 11.6 Å². The lowest BCUT2D eigenvalue weighted by Gasteiger charge is -2.08. The van der Waals surface area contributed by atoms with Crippen LogP contribution in [0.15, 0.2) is 59.2 Å². The summed E-state index contributed by atoms with van der Waals surface area (Å²) in [5, 5.41) is 7.04. The van der Waals surface area contributed by atoms with Crippen LogP contribution in [0.3, 0.4) is 0 Å². The first-order chi connectivity index (χ1) is 12.5. The van der Waals surface area contributed by atoms with Gasteiger partial charge in [0.05, 0.1) is 11.0 Å². The van der Waals surface area contributed by atoms with Crippen molar-refractivity contribution in [3.8, 4) is 5.75 Å². The smallest absolute Gasteiger partial charge is 0.263 e. The topological polar surface area (TPSA) is 56.1 Å². The Morgan fingerprint density at radius 2 is 1.96 bits per heavy atom. The van der Waals surface area contributed by atoms with Crippen molar-refractivity contribution in [3.63, 3.8) is 0 Å². The minimum atomic E-state index is -0.305. The SMILES string of the molecule is Cc1ccccc1OCC(=O)Nc1nn(Cc2ccc(F)cc2)cc1Br. The van der Waals surface area contributed by atoms with Crippen molar-refractivity contribution in [2.45, 2.75) is 13.5 Å². The zero-order valence-electron chi connectivity index (χ0n) is 14.1. The van der Waals surface area contributed by atoms with Crippen LogP contribution in [-0.2, 0) is 11.3 Å². The van der Waals surface area contributed by atoms with Gasteiger partial charge in [-0.25, -0.2) is 4.39 Å². The number of carbonyl (C=O) groups excluding carboxylic acids is 1. The number of benzene rings is 2. The van der Waals surface area contributed by atoms with Gasteiger partial charge in [-0.15, -0.1) is 0 Å². The van der Waals surface area contributed by atoms with E-state index in [1.54, 1.807) is 23.0 Å². The number of hydrogen-bond donors (Lipinski definition) is 1. The van der Waals surface area contributed by atoms with E-state index in [0.717, 1.165) is 11.1 Å². The summed E-state index contributed by atoms with van der Waals surface area (Å²) in [5.74, 6) is 0.493. The molecule has 0 radical (unpaired) electrons. The highest BCUT2D eigenvalue weighted by Crippen LogP contribution is 2.21. The van der Waals surface area contributed by atoms with Crippen LogP contribution in [0.4, 0.5) is 10.2 Å². The molecule has 0 unspecified atom stereocenters. The highest BCUT2D eigenvalue weighted by Gasteiger charge is 2.12. The Morgan fingerprint density at radius 3 is 2.69 bits per heavy atom. The minimum absolute atomic E-state index is 0.109. The number of rotatable bonds is 6. The molecule has 1 aromatic heterocycles. The molecule has 0 aliphatic rings. The Morgan fingerprint density at radius 1 is 1.23 bits per heavy atom. The van der Waals surface area contributed by atoms with Crippen molar-refractivity contribution in [1.29, 1.82) is 0 Å². The number of nitrogens with zero attached hydrogens (tertiary/aromatic N) is 2. The molecule has 0 aliphatic heterocycles. The lowest BCUT2D eigenvalue weighted by atomic mass is 10.2. The number of anilines is 1. The molecule has 3 aromatic rings. The van der Waals surface area contributed by atoms with Crippen molar-refractivity contribution in [3.05, 3.63) is 76.1 Å². The molecule has 1 heterocycles. The molecule has 5 nitrogen and oxygen atoms in total. The molecule has 0 spiro atoms. The van der Waals surface area contributed by atoms with Gasteiger partial charge >= 0.3 is 0 Å². The standard InChI is InChI=1S/C19H17BrFN3O2/c1-13-4-2-3-5-17(13)26-12-18(25)22-19-16(20)11-24(23-19)10-14-6-8-15(21)9-7-14/h2-9,11H,10,12H2,1H3,(H,22,23,25). The Kier molecular flexibility index (Phi) is 5.68. The van der Waals surface area contributed by atoms with Gasteiger partial charge in [0.2, 0.25) is 0 Å². The van der Waals surface area contributed by atoms with Crippen LogP contribution in [0.2, 0.25) is 0 Å². The molecule has 26 heavy (non-hydrogen) atoms. The fourth-order valence-electron chi connectivity index (χ4n) is 2.37. The molecule has 0 saturated carbocycles. The Labute approximate surface area is 158 Å². The second-order valence-corrected chi connectivity index (χ2v) is 6.61. The van der Waals surface area contributed by atoms with Crippen LogP contribution in [0, 0.1) is 12.7 Å². The van der Waals surface area contributed by atoms with Crippen molar-refractivity contribution < 1.29 is 13.9 Å². The predicted molar refractivity (Wildman–Crippen MR) is 101 cm³/mol. The highest BCUT2D eigenvalue weighted by atomic mass is 79.9. The average molecular weight is 418 g/mol. The molecule has 7 heteroatoms. The maximum Gasteiger partial charge on any atom is 0.263 e. The summed E-state index contributed by atoms with van der Waals surface area (Å²) >= 11 is 3.38. The third-order valence-corrected chi connectivity index (χ3v) is 4.27. The third kappa shape index (κ3) is 4.70. The summed E-state index contributed by atoms with van der Waals surface area (Å²) in [5.41, 5.74) is 1.87. The van der Waals surface area contributed by atoms with Crippen LogP contribution in [0.1, 0.15) is 11.1 Å². The fraction of sp³-hybridized carbons (Fsp3) is 0.158. The molecular formula is C19H17BrFN3O2. The van der Waals surface area contributed by atoms with Gasteiger partial charge in [-0.3, -0.25) is 9.48 Å². The lowest BCUT2D eigenvalue weighted by Crippen LogP contribution is -2.21. The molecule has 0 bridgehead atoms. The van der Waals surface area contributed by atoms with E-state index in [2.05, 4.69) is 26.3 Å². The summed E-state index contributed by atoms with van der Waals surface area (Å²) < 4.78 is 20.8. The summed E-state index contributed by atoms with van der Waals surface area (Å²) in [7, 11) is 0. The van der Waals surface area contributed by atoms with E-state index in [1.165, 1.54) is 12.1 Å². The van der Waals surface area contributed by atoms with Crippen molar-refractivity contribution in [2.24, 2.45) is 0 Å². The summed E-state index contributed by atoms with van der Waals surface area (Å²) in [6, 6.07) is 13.7. The number of halogens is 2. The van der Waals surface area contributed by atoms with E-state index in [4.69, 9.17) is 4.74 Å². The first-order valence-electron chi connectivity index (χ1n) is 7.97. The Balaban J connectivity index is 1.59. The number of carbonyl (C=O) groups is 1. The number of aromatic nitrogens is 2.